The van der Waals surface area contributed by atoms with E-state index in [1.165, 1.54) is 7.11 Å². The summed E-state index contributed by atoms with van der Waals surface area (Å²) in [5, 5.41) is 9.33. The molecule has 2 aromatic carbocycles. The first-order chi connectivity index (χ1) is 14.5. The van der Waals surface area contributed by atoms with E-state index >= 15 is 0 Å². The van der Waals surface area contributed by atoms with Gasteiger partial charge in [-0.25, -0.2) is 14.2 Å². The summed E-state index contributed by atoms with van der Waals surface area (Å²) in [4.78, 5) is 27.4. The van der Waals surface area contributed by atoms with Crippen molar-refractivity contribution in [2.45, 2.75) is 19.9 Å². The van der Waals surface area contributed by atoms with Crippen molar-refractivity contribution in [3.05, 3.63) is 53.9 Å². The summed E-state index contributed by atoms with van der Waals surface area (Å²) in [7, 11) is 3.01. The molecule has 4 aromatic rings. The molecule has 4 rings (SSSR count). The largest absolute Gasteiger partial charge is 0.465 e. The van der Waals surface area contributed by atoms with E-state index in [1.54, 1.807) is 7.05 Å². The van der Waals surface area contributed by atoms with Crippen LogP contribution in [-0.4, -0.2) is 37.7 Å². The SMILES string of the molecule is CNC(=O)NCCC[n+]1ccc2c(C(=O)OC)c3[nH]c4ccccc4c3c(C)c2c1. The standard InChI is InChI=1S/C23H24N4O3/c1-14-17-13-27(11-6-10-25-23(29)24-2)12-9-15(17)20(22(28)30-3)21-19(14)16-7-4-5-8-18(16)26-21/h4-5,7-9,12-13H,6,10-11H2,1-3H3,(H2,24,25,29)/p+1. The lowest BCUT2D eigenvalue weighted by atomic mass is 9.96. The normalized spacial score (nSPS) is 11.2. The molecule has 2 heterocycles. The van der Waals surface area contributed by atoms with Crippen LogP contribution in [-0.2, 0) is 11.3 Å². The van der Waals surface area contributed by atoms with Crippen LogP contribution in [0, 0.1) is 6.92 Å². The first-order valence-corrected chi connectivity index (χ1v) is 9.94. The third-order valence-corrected chi connectivity index (χ3v) is 5.52. The average Bonchev–Trinajstić information content (AvgIpc) is 3.16. The monoisotopic (exact) mass is 405 g/mol. The topological polar surface area (TPSA) is 87.1 Å². The average molecular weight is 405 g/mol. The van der Waals surface area contributed by atoms with Crippen LogP contribution >= 0.6 is 0 Å². The number of para-hydroxylation sites is 1. The van der Waals surface area contributed by atoms with Crippen LogP contribution in [0.1, 0.15) is 22.3 Å². The molecule has 30 heavy (non-hydrogen) atoms. The second-order valence-electron chi connectivity index (χ2n) is 7.28. The Labute approximate surface area is 174 Å². The zero-order valence-corrected chi connectivity index (χ0v) is 17.3. The van der Waals surface area contributed by atoms with Crippen molar-refractivity contribution in [2.75, 3.05) is 20.7 Å². The van der Waals surface area contributed by atoms with Crippen LogP contribution in [0.2, 0.25) is 0 Å². The van der Waals surface area contributed by atoms with Gasteiger partial charge in [0.05, 0.1) is 23.6 Å². The molecule has 0 unspecified atom stereocenters. The number of aryl methyl sites for hydroxylation is 2. The molecule has 2 amide bonds. The highest BCUT2D eigenvalue weighted by Crippen LogP contribution is 2.36. The van der Waals surface area contributed by atoms with Gasteiger partial charge in [0.2, 0.25) is 0 Å². The Balaban J connectivity index is 1.84. The zero-order chi connectivity index (χ0) is 21.3. The number of pyridine rings is 1. The van der Waals surface area contributed by atoms with E-state index in [0.717, 1.165) is 51.1 Å². The number of aromatic nitrogens is 2. The van der Waals surface area contributed by atoms with E-state index in [2.05, 4.69) is 39.4 Å². The summed E-state index contributed by atoms with van der Waals surface area (Å²) in [6.45, 7) is 3.42. The molecule has 0 fully saturated rings. The number of carbonyl (C=O) groups is 2. The Bertz CT molecular complexity index is 1280. The number of esters is 1. The number of carbonyl (C=O) groups excluding carboxylic acids is 2. The van der Waals surface area contributed by atoms with Gasteiger partial charge in [-0.3, -0.25) is 0 Å². The van der Waals surface area contributed by atoms with Gasteiger partial charge < -0.3 is 20.4 Å². The van der Waals surface area contributed by atoms with Gasteiger partial charge in [0.15, 0.2) is 12.4 Å². The van der Waals surface area contributed by atoms with Gasteiger partial charge in [-0.1, -0.05) is 18.2 Å². The first-order valence-electron chi connectivity index (χ1n) is 9.94. The molecule has 0 aliphatic rings. The van der Waals surface area contributed by atoms with Crippen molar-refractivity contribution in [3.63, 3.8) is 0 Å². The number of benzene rings is 2. The van der Waals surface area contributed by atoms with Gasteiger partial charge in [-0.15, -0.1) is 0 Å². The lowest BCUT2D eigenvalue weighted by Crippen LogP contribution is -2.37. The van der Waals surface area contributed by atoms with Crippen LogP contribution in [0.25, 0.3) is 32.6 Å². The van der Waals surface area contributed by atoms with Crippen LogP contribution < -0.4 is 15.2 Å². The maximum Gasteiger partial charge on any atom is 0.340 e. The Morgan fingerprint density at radius 2 is 1.93 bits per heavy atom. The van der Waals surface area contributed by atoms with Gasteiger partial charge in [-0.2, -0.15) is 0 Å². The maximum absolute atomic E-state index is 12.7. The summed E-state index contributed by atoms with van der Waals surface area (Å²) >= 11 is 0. The minimum Gasteiger partial charge on any atom is -0.465 e. The molecule has 0 bridgehead atoms. The number of ether oxygens (including phenoxy) is 1. The number of fused-ring (bicyclic) bond motifs is 4. The smallest absolute Gasteiger partial charge is 0.340 e. The number of amides is 2. The van der Waals surface area contributed by atoms with E-state index in [0.29, 0.717) is 12.1 Å². The second-order valence-corrected chi connectivity index (χ2v) is 7.28. The molecule has 0 aliphatic heterocycles. The number of hydrogen-bond acceptors (Lipinski definition) is 3. The minimum absolute atomic E-state index is 0.182. The molecule has 2 aromatic heterocycles. The molecular weight excluding hydrogens is 380 g/mol. The highest BCUT2D eigenvalue weighted by atomic mass is 16.5. The second kappa shape index (κ2) is 8.02. The maximum atomic E-state index is 12.7. The molecule has 0 saturated carbocycles. The van der Waals surface area contributed by atoms with E-state index < -0.39 is 0 Å². The van der Waals surface area contributed by atoms with Crippen LogP contribution in [0.4, 0.5) is 4.79 Å². The zero-order valence-electron chi connectivity index (χ0n) is 17.3. The summed E-state index contributed by atoms with van der Waals surface area (Å²) in [6, 6.07) is 9.84. The molecule has 0 radical (unpaired) electrons. The molecule has 0 atom stereocenters. The van der Waals surface area contributed by atoms with Crippen LogP contribution in [0.3, 0.4) is 0 Å². The molecule has 7 heteroatoms. The summed E-state index contributed by atoms with van der Waals surface area (Å²) < 4.78 is 7.21. The fourth-order valence-corrected chi connectivity index (χ4v) is 4.05. The lowest BCUT2D eigenvalue weighted by molar-refractivity contribution is -0.695. The van der Waals surface area contributed by atoms with E-state index in [-0.39, 0.29) is 12.0 Å². The van der Waals surface area contributed by atoms with E-state index in [9.17, 15) is 9.59 Å². The summed E-state index contributed by atoms with van der Waals surface area (Å²) in [5.41, 5.74) is 3.46. The van der Waals surface area contributed by atoms with Gasteiger partial charge in [0.1, 0.15) is 6.54 Å². The van der Waals surface area contributed by atoms with Crippen molar-refractivity contribution in [3.8, 4) is 0 Å². The number of nitrogens with zero attached hydrogens (tertiary/aromatic N) is 1. The first kappa shape index (κ1) is 19.7. The third kappa shape index (κ3) is 3.32. The Morgan fingerprint density at radius 1 is 1.13 bits per heavy atom. The molecular formula is C23H25N4O3+. The fraction of sp³-hybridized carbons (Fsp3) is 0.261. The van der Waals surface area contributed by atoms with Crippen LogP contribution in [0.5, 0.6) is 0 Å². The molecule has 0 aliphatic carbocycles. The predicted octanol–water partition coefficient (Wildman–Crippen LogP) is 3.18. The van der Waals surface area contributed by atoms with Gasteiger partial charge in [0.25, 0.3) is 0 Å². The number of methoxy groups -OCH3 is 1. The molecule has 7 nitrogen and oxygen atoms in total. The predicted molar refractivity (Wildman–Crippen MR) is 117 cm³/mol. The Hall–Kier alpha value is -3.61. The van der Waals surface area contributed by atoms with Crippen molar-refractivity contribution in [1.29, 1.82) is 0 Å². The van der Waals surface area contributed by atoms with Gasteiger partial charge >= 0.3 is 12.0 Å². The molecule has 0 spiro atoms. The summed E-state index contributed by atoms with van der Waals surface area (Å²) in [6.07, 6.45) is 4.82. The van der Waals surface area contributed by atoms with E-state index in [1.807, 2.05) is 30.5 Å². The number of nitrogens with one attached hydrogen (secondary N) is 3. The number of hydrogen-bond donors (Lipinski definition) is 3. The fourth-order valence-electron chi connectivity index (χ4n) is 4.05. The quantitative estimate of drug-likeness (QED) is 0.271. The van der Waals surface area contributed by atoms with Gasteiger partial charge in [-0.05, 0) is 18.6 Å². The van der Waals surface area contributed by atoms with Crippen LogP contribution in [0.15, 0.2) is 42.7 Å². The molecule has 154 valence electrons. The summed E-state index contributed by atoms with van der Waals surface area (Å²) in [5.74, 6) is -0.357. The van der Waals surface area contributed by atoms with Crippen molar-refractivity contribution in [1.82, 2.24) is 15.6 Å². The third-order valence-electron chi connectivity index (χ3n) is 5.52. The highest BCUT2D eigenvalue weighted by molar-refractivity contribution is 6.23. The van der Waals surface area contributed by atoms with Crippen molar-refractivity contribution in [2.24, 2.45) is 0 Å². The number of H-pyrrole nitrogens is 1. The van der Waals surface area contributed by atoms with Crippen molar-refractivity contribution < 1.29 is 18.9 Å². The van der Waals surface area contributed by atoms with Gasteiger partial charge in [0, 0.05) is 47.8 Å². The number of aromatic amines is 1. The van der Waals surface area contributed by atoms with E-state index in [4.69, 9.17) is 4.74 Å². The Morgan fingerprint density at radius 3 is 2.70 bits per heavy atom. The number of rotatable bonds is 5. The lowest BCUT2D eigenvalue weighted by Gasteiger charge is -2.10. The number of urea groups is 1. The Kier molecular flexibility index (Phi) is 5.27. The van der Waals surface area contributed by atoms with Crippen molar-refractivity contribution >= 4 is 44.6 Å². The molecule has 0 saturated heterocycles. The molecule has 3 N–H and O–H groups in total. The minimum atomic E-state index is -0.357. The highest BCUT2D eigenvalue weighted by Gasteiger charge is 2.22.